The molecule has 0 spiro atoms. The van der Waals surface area contributed by atoms with Gasteiger partial charge in [0.1, 0.15) is 0 Å². The van der Waals surface area contributed by atoms with E-state index in [9.17, 15) is 9.59 Å². The maximum Gasteiger partial charge on any atom is 0.299 e. The summed E-state index contributed by atoms with van der Waals surface area (Å²) in [4.78, 5) is 29.5. The molecule has 1 N–H and O–H groups in total. The van der Waals surface area contributed by atoms with Crippen LogP contribution in [-0.2, 0) is 9.57 Å². The molecule has 1 aromatic carbocycles. The van der Waals surface area contributed by atoms with E-state index in [1.54, 1.807) is 11.6 Å². The van der Waals surface area contributed by atoms with E-state index in [1.165, 1.54) is 6.07 Å². The number of hydrogen-bond acceptors (Lipinski definition) is 5. The van der Waals surface area contributed by atoms with E-state index in [4.69, 9.17) is 9.57 Å². The Morgan fingerprint density at radius 1 is 1.33 bits per heavy atom. The fraction of sp³-hybridized carbons (Fsp3) is 0.353. The third-order valence-corrected chi connectivity index (χ3v) is 3.74. The van der Waals surface area contributed by atoms with E-state index in [0.717, 1.165) is 18.5 Å². The normalized spacial score (nSPS) is 17.5. The van der Waals surface area contributed by atoms with Crippen LogP contribution in [0.2, 0.25) is 0 Å². The van der Waals surface area contributed by atoms with E-state index in [1.807, 2.05) is 30.3 Å². The number of hydroxylamine groups is 1. The molecule has 0 radical (unpaired) electrons. The van der Waals surface area contributed by atoms with Crippen molar-refractivity contribution >= 4 is 5.91 Å². The van der Waals surface area contributed by atoms with Gasteiger partial charge in [-0.1, -0.05) is 18.2 Å². The van der Waals surface area contributed by atoms with Crippen molar-refractivity contribution in [1.82, 2.24) is 15.3 Å². The molecule has 7 nitrogen and oxygen atoms in total. The minimum Gasteiger partial charge on any atom is -0.350 e. The van der Waals surface area contributed by atoms with Crippen LogP contribution in [0.15, 0.2) is 41.2 Å². The molecule has 1 amide bonds. The van der Waals surface area contributed by atoms with Crippen LogP contribution in [0.3, 0.4) is 0 Å². The number of rotatable bonds is 4. The molecule has 1 saturated heterocycles. The van der Waals surface area contributed by atoms with Gasteiger partial charge in [0.05, 0.1) is 5.69 Å². The van der Waals surface area contributed by atoms with Crippen molar-refractivity contribution in [2.75, 3.05) is 6.61 Å². The van der Waals surface area contributed by atoms with Gasteiger partial charge in [-0.3, -0.25) is 9.59 Å². The number of aryl methyl sites for hydroxylation is 1. The zero-order chi connectivity index (χ0) is 16.9. The fourth-order valence-electron chi connectivity index (χ4n) is 2.51. The molecular weight excluding hydrogens is 310 g/mol. The molecule has 1 aromatic heterocycles. The first-order valence-electron chi connectivity index (χ1n) is 7.89. The number of nitrogens with zero attached hydrogens (tertiary/aromatic N) is 2. The molecule has 0 aliphatic carbocycles. The number of benzene rings is 1. The minimum absolute atomic E-state index is 0.222. The van der Waals surface area contributed by atoms with Gasteiger partial charge < -0.3 is 4.74 Å². The van der Waals surface area contributed by atoms with Crippen LogP contribution in [0.5, 0.6) is 0 Å². The summed E-state index contributed by atoms with van der Waals surface area (Å²) in [6.07, 6.45) is 2.18. The second kappa shape index (κ2) is 7.37. The van der Waals surface area contributed by atoms with Crippen molar-refractivity contribution in [3.63, 3.8) is 0 Å². The molecule has 1 aliphatic rings. The van der Waals surface area contributed by atoms with E-state index in [2.05, 4.69) is 10.6 Å². The highest BCUT2D eigenvalue weighted by Crippen LogP contribution is 2.12. The SMILES string of the molecule is Cc1cc(=O)c(C(=O)NOC2CCCCO2)nn1-c1ccccc1. The van der Waals surface area contributed by atoms with Gasteiger partial charge in [0.25, 0.3) is 5.91 Å². The van der Waals surface area contributed by atoms with Crippen LogP contribution < -0.4 is 10.9 Å². The lowest BCUT2D eigenvalue weighted by molar-refractivity contribution is -0.186. The second-order valence-corrected chi connectivity index (χ2v) is 5.59. The summed E-state index contributed by atoms with van der Waals surface area (Å²) in [5.74, 6) is -0.682. The summed E-state index contributed by atoms with van der Waals surface area (Å²) in [5, 5.41) is 4.18. The van der Waals surface area contributed by atoms with Crippen LogP contribution in [0, 0.1) is 6.92 Å². The average molecular weight is 329 g/mol. The quantitative estimate of drug-likeness (QED) is 0.864. The van der Waals surface area contributed by atoms with E-state index in [0.29, 0.717) is 18.7 Å². The lowest BCUT2D eigenvalue weighted by Gasteiger charge is -2.22. The summed E-state index contributed by atoms with van der Waals surface area (Å²) < 4.78 is 6.91. The smallest absolute Gasteiger partial charge is 0.299 e. The summed E-state index contributed by atoms with van der Waals surface area (Å²) >= 11 is 0. The molecule has 126 valence electrons. The molecule has 0 saturated carbocycles. The Bertz CT molecular complexity index is 767. The molecule has 2 heterocycles. The first-order chi connectivity index (χ1) is 11.6. The maximum absolute atomic E-state index is 12.2. The zero-order valence-corrected chi connectivity index (χ0v) is 13.4. The van der Waals surface area contributed by atoms with E-state index in [-0.39, 0.29) is 5.69 Å². The Balaban J connectivity index is 1.79. The Labute approximate surface area is 139 Å². The van der Waals surface area contributed by atoms with Crippen LogP contribution in [0.4, 0.5) is 0 Å². The number of amides is 1. The number of hydrogen-bond donors (Lipinski definition) is 1. The van der Waals surface area contributed by atoms with Crippen molar-refractivity contribution in [1.29, 1.82) is 0 Å². The van der Waals surface area contributed by atoms with Crippen LogP contribution >= 0.6 is 0 Å². The summed E-state index contributed by atoms with van der Waals surface area (Å²) in [6.45, 7) is 2.36. The number of carbonyl (C=O) groups excluding carboxylic acids is 1. The molecule has 24 heavy (non-hydrogen) atoms. The predicted molar refractivity (Wildman–Crippen MR) is 86.7 cm³/mol. The number of nitrogens with one attached hydrogen (secondary N) is 1. The van der Waals surface area contributed by atoms with Crippen molar-refractivity contribution in [2.24, 2.45) is 0 Å². The van der Waals surface area contributed by atoms with Gasteiger partial charge in [-0.25, -0.2) is 15.0 Å². The molecule has 1 atom stereocenters. The van der Waals surface area contributed by atoms with Crippen molar-refractivity contribution in [2.45, 2.75) is 32.5 Å². The van der Waals surface area contributed by atoms with Crippen molar-refractivity contribution in [3.05, 3.63) is 58.0 Å². The zero-order valence-electron chi connectivity index (χ0n) is 13.4. The first-order valence-corrected chi connectivity index (χ1v) is 7.89. The van der Waals surface area contributed by atoms with Crippen LogP contribution in [0.25, 0.3) is 5.69 Å². The topological polar surface area (TPSA) is 82.5 Å². The first kappa shape index (κ1) is 16.4. The lowest BCUT2D eigenvalue weighted by Crippen LogP contribution is -2.36. The molecule has 2 aromatic rings. The monoisotopic (exact) mass is 329 g/mol. The largest absolute Gasteiger partial charge is 0.350 e. The van der Waals surface area contributed by atoms with Gasteiger partial charge in [0, 0.05) is 24.8 Å². The summed E-state index contributed by atoms with van der Waals surface area (Å²) in [5.41, 5.74) is 3.00. The highest BCUT2D eigenvalue weighted by atomic mass is 16.8. The van der Waals surface area contributed by atoms with Crippen LogP contribution in [-0.4, -0.2) is 28.6 Å². The lowest BCUT2D eigenvalue weighted by atomic mass is 10.2. The fourth-order valence-corrected chi connectivity index (χ4v) is 2.51. The summed E-state index contributed by atoms with van der Waals surface area (Å²) in [6, 6.07) is 10.7. The van der Waals surface area contributed by atoms with E-state index >= 15 is 0 Å². The Morgan fingerprint density at radius 2 is 2.12 bits per heavy atom. The van der Waals surface area contributed by atoms with Crippen molar-refractivity contribution < 1.29 is 14.4 Å². The average Bonchev–Trinajstić information content (AvgIpc) is 2.61. The number of carbonyl (C=O) groups is 1. The van der Waals surface area contributed by atoms with Gasteiger partial charge in [0.2, 0.25) is 5.43 Å². The molecule has 1 unspecified atom stereocenters. The molecule has 3 rings (SSSR count). The van der Waals surface area contributed by atoms with Crippen molar-refractivity contribution in [3.8, 4) is 5.69 Å². The highest BCUT2D eigenvalue weighted by molar-refractivity contribution is 5.91. The Morgan fingerprint density at radius 3 is 2.83 bits per heavy atom. The molecular formula is C17H19N3O4. The molecule has 0 bridgehead atoms. The predicted octanol–water partition coefficient (Wildman–Crippen LogP) is 1.73. The highest BCUT2D eigenvalue weighted by Gasteiger charge is 2.19. The van der Waals surface area contributed by atoms with Gasteiger partial charge in [0.15, 0.2) is 12.0 Å². The number of ether oxygens (including phenoxy) is 1. The molecule has 1 aliphatic heterocycles. The standard InChI is InChI=1S/C17H19N3O4/c1-12-11-14(21)16(18-20(12)13-7-3-2-4-8-13)17(22)19-24-15-9-5-6-10-23-15/h2-4,7-8,11,15H,5-6,9-10H2,1H3,(H,19,22). The second-order valence-electron chi connectivity index (χ2n) is 5.59. The maximum atomic E-state index is 12.2. The Hall–Kier alpha value is -2.51. The van der Waals surface area contributed by atoms with Gasteiger partial charge >= 0.3 is 0 Å². The third-order valence-electron chi connectivity index (χ3n) is 3.74. The summed E-state index contributed by atoms with van der Waals surface area (Å²) in [7, 11) is 0. The minimum atomic E-state index is -0.682. The van der Waals surface area contributed by atoms with E-state index < -0.39 is 17.6 Å². The number of para-hydroxylation sites is 1. The van der Waals surface area contributed by atoms with Gasteiger partial charge in [-0.15, -0.1) is 0 Å². The molecule has 1 fully saturated rings. The Kier molecular flexibility index (Phi) is 5.02. The van der Waals surface area contributed by atoms with Crippen LogP contribution in [0.1, 0.15) is 35.4 Å². The molecule has 7 heteroatoms. The third kappa shape index (κ3) is 3.69. The van der Waals surface area contributed by atoms with Gasteiger partial charge in [-0.2, -0.15) is 5.10 Å². The number of aromatic nitrogens is 2. The van der Waals surface area contributed by atoms with Gasteiger partial charge in [-0.05, 0) is 31.9 Å².